The van der Waals surface area contributed by atoms with Crippen LogP contribution < -0.4 is 4.74 Å². The van der Waals surface area contributed by atoms with Crippen LogP contribution in [0.4, 0.5) is 0 Å². The first-order valence-corrected chi connectivity index (χ1v) is 5.20. The van der Waals surface area contributed by atoms with Crippen molar-refractivity contribution in [3.63, 3.8) is 0 Å². The molecule has 0 aromatic heterocycles. The summed E-state index contributed by atoms with van der Waals surface area (Å²) in [6.45, 7) is 5.38. The molecule has 86 valence electrons. The maximum Gasteiger partial charge on any atom is 0.231 e. The number of ether oxygens (including phenoxy) is 1. The zero-order chi connectivity index (χ0) is 12.3. The molecule has 0 saturated heterocycles. The van der Waals surface area contributed by atoms with Crippen molar-refractivity contribution in [3.05, 3.63) is 29.3 Å². The first-order chi connectivity index (χ1) is 7.47. The second-order valence-electron chi connectivity index (χ2n) is 4.00. The van der Waals surface area contributed by atoms with Crippen molar-refractivity contribution in [1.82, 2.24) is 0 Å². The van der Waals surface area contributed by atoms with Crippen LogP contribution in [-0.4, -0.2) is 18.7 Å². The average molecular weight is 220 g/mol. The summed E-state index contributed by atoms with van der Waals surface area (Å²) in [5.41, 5.74) is 1.41. The van der Waals surface area contributed by atoms with E-state index in [9.17, 15) is 9.59 Å². The van der Waals surface area contributed by atoms with Gasteiger partial charge < -0.3 is 4.74 Å². The Morgan fingerprint density at radius 1 is 1.25 bits per heavy atom. The number of carbonyl (C=O) groups excluding carboxylic acids is 2. The van der Waals surface area contributed by atoms with E-state index < -0.39 is 11.6 Å². The van der Waals surface area contributed by atoms with Crippen molar-refractivity contribution >= 4 is 11.6 Å². The summed E-state index contributed by atoms with van der Waals surface area (Å²) in [4.78, 5) is 22.6. The zero-order valence-corrected chi connectivity index (χ0v) is 10.0. The highest BCUT2D eigenvalue weighted by molar-refractivity contribution is 6.43. The fourth-order valence-electron chi connectivity index (χ4n) is 1.44. The van der Waals surface area contributed by atoms with Crippen LogP contribution in [0.5, 0.6) is 5.75 Å². The van der Waals surface area contributed by atoms with Crippen molar-refractivity contribution in [2.24, 2.45) is 0 Å². The summed E-state index contributed by atoms with van der Waals surface area (Å²) in [6, 6.07) is 5.31. The third-order valence-electron chi connectivity index (χ3n) is 2.46. The molecule has 0 heterocycles. The Hall–Kier alpha value is -1.64. The van der Waals surface area contributed by atoms with E-state index in [0.717, 1.165) is 5.56 Å². The van der Waals surface area contributed by atoms with Crippen LogP contribution in [0.2, 0.25) is 0 Å². The van der Waals surface area contributed by atoms with Crippen LogP contribution in [0.1, 0.15) is 42.6 Å². The summed E-state index contributed by atoms with van der Waals surface area (Å²) in [5.74, 6) is -0.162. The molecule has 1 rings (SSSR count). The zero-order valence-electron chi connectivity index (χ0n) is 10.0. The molecule has 0 radical (unpaired) electrons. The molecule has 0 aliphatic rings. The van der Waals surface area contributed by atoms with Gasteiger partial charge in [0.15, 0.2) is 5.78 Å². The molecule has 0 atom stereocenters. The first-order valence-electron chi connectivity index (χ1n) is 5.20. The van der Waals surface area contributed by atoms with Crippen LogP contribution >= 0.6 is 0 Å². The molecule has 0 saturated carbocycles. The van der Waals surface area contributed by atoms with E-state index in [1.54, 1.807) is 12.1 Å². The summed E-state index contributed by atoms with van der Waals surface area (Å²) < 4.78 is 5.13. The fourth-order valence-corrected chi connectivity index (χ4v) is 1.44. The summed E-state index contributed by atoms with van der Waals surface area (Å²) in [6.07, 6.45) is 0. The second-order valence-corrected chi connectivity index (χ2v) is 4.00. The minimum atomic E-state index is -0.507. The average Bonchev–Trinajstić information content (AvgIpc) is 2.26. The standard InChI is InChI=1S/C13H16O3/c1-8(2)10-5-6-11(12(7-10)16-4)13(15)9(3)14/h5-8H,1-4H3. The minimum Gasteiger partial charge on any atom is -0.496 e. The number of hydrogen-bond donors (Lipinski definition) is 0. The Bertz CT molecular complexity index is 419. The topological polar surface area (TPSA) is 43.4 Å². The summed E-state index contributed by atoms with van der Waals surface area (Å²) in [5, 5.41) is 0. The molecule has 1 aromatic carbocycles. The molecule has 3 heteroatoms. The lowest BCUT2D eigenvalue weighted by Crippen LogP contribution is -2.11. The fraction of sp³-hybridized carbons (Fsp3) is 0.385. The Labute approximate surface area is 95.4 Å². The third-order valence-corrected chi connectivity index (χ3v) is 2.46. The smallest absolute Gasteiger partial charge is 0.231 e. The lowest BCUT2D eigenvalue weighted by Gasteiger charge is -2.10. The van der Waals surface area contributed by atoms with Crippen LogP contribution in [0, 0.1) is 0 Å². The highest BCUT2D eigenvalue weighted by atomic mass is 16.5. The van der Waals surface area contributed by atoms with E-state index in [1.165, 1.54) is 14.0 Å². The molecule has 0 amide bonds. The number of benzene rings is 1. The number of Topliss-reactive ketones (excluding diaryl/α,β-unsaturated/α-hetero) is 2. The van der Waals surface area contributed by atoms with Gasteiger partial charge in [-0.15, -0.1) is 0 Å². The van der Waals surface area contributed by atoms with E-state index in [0.29, 0.717) is 17.2 Å². The highest BCUT2D eigenvalue weighted by Crippen LogP contribution is 2.25. The summed E-state index contributed by atoms with van der Waals surface area (Å²) in [7, 11) is 1.50. The molecule has 0 unspecified atom stereocenters. The molecular weight excluding hydrogens is 204 g/mol. The number of carbonyl (C=O) groups is 2. The molecular formula is C13H16O3. The second kappa shape index (κ2) is 4.92. The van der Waals surface area contributed by atoms with Gasteiger partial charge in [-0.25, -0.2) is 0 Å². The van der Waals surface area contributed by atoms with E-state index >= 15 is 0 Å². The lowest BCUT2D eigenvalue weighted by molar-refractivity contribution is -0.113. The third kappa shape index (κ3) is 2.48. The molecule has 1 aromatic rings. The van der Waals surface area contributed by atoms with Gasteiger partial charge in [0.25, 0.3) is 0 Å². The van der Waals surface area contributed by atoms with Crippen molar-refractivity contribution in [1.29, 1.82) is 0 Å². The van der Waals surface area contributed by atoms with Crippen LogP contribution in [0.15, 0.2) is 18.2 Å². The normalized spacial score (nSPS) is 10.3. The van der Waals surface area contributed by atoms with E-state index in [4.69, 9.17) is 4.74 Å². The lowest BCUT2D eigenvalue weighted by atomic mass is 9.98. The maximum absolute atomic E-state index is 11.6. The predicted molar refractivity (Wildman–Crippen MR) is 62.1 cm³/mol. The van der Waals surface area contributed by atoms with Gasteiger partial charge in [0, 0.05) is 6.92 Å². The van der Waals surface area contributed by atoms with Gasteiger partial charge in [-0.3, -0.25) is 9.59 Å². The molecule has 3 nitrogen and oxygen atoms in total. The predicted octanol–water partition coefficient (Wildman–Crippen LogP) is 2.59. The molecule has 0 aliphatic carbocycles. The largest absolute Gasteiger partial charge is 0.496 e. The molecule has 0 fully saturated rings. The van der Waals surface area contributed by atoms with Gasteiger partial charge in [-0.1, -0.05) is 19.9 Å². The Morgan fingerprint density at radius 2 is 1.88 bits per heavy atom. The van der Waals surface area contributed by atoms with Crippen molar-refractivity contribution in [2.45, 2.75) is 26.7 Å². The van der Waals surface area contributed by atoms with Gasteiger partial charge >= 0.3 is 0 Å². The van der Waals surface area contributed by atoms with Gasteiger partial charge in [0.05, 0.1) is 12.7 Å². The van der Waals surface area contributed by atoms with E-state index in [-0.39, 0.29) is 0 Å². The van der Waals surface area contributed by atoms with Crippen molar-refractivity contribution in [2.75, 3.05) is 7.11 Å². The van der Waals surface area contributed by atoms with Gasteiger partial charge in [-0.2, -0.15) is 0 Å². The first kappa shape index (κ1) is 12.4. The van der Waals surface area contributed by atoms with Crippen LogP contribution in [0.3, 0.4) is 0 Å². The molecule has 0 bridgehead atoms. The molecule has 0 N–H and O–H groups in total. The van der Waals surface area contributed by atoms with Gasteiger partial charge in [0.1, 0.15) is 5.75 Å². The number of ketones is 2. The minimum absolute atomic E-state index is 0.333. The van der Waals surface area contributed by atoms with E-state index in [1.807, 2.05) is 6.07 Å². The van der Waals surface area contributed by atoms with E-state index in [2.05, 4.69) is 13.8 Å². The number of methoxy groups -OCH3 is 1. The SMILES string of the molecule is COc1cc(C(C)C)ccc1C(=O)C(C)=O. The Balaban J connectivity index is 3.22. The van der Waals surface area contributed by atoms with Crippen LogP contribution in [0.25, 0.3) is 0 Å². The molecule has 0 spiro atoms. The van der Waals surface area contributed by atoms with Crippen LogP contribution in [-0.2, 0) is 4.79 Å². The Morgan fingerprint density at radius 3 is 2.31 bits per heavy atom. The Kier molecular flexibility index (Phi) is 3.82. The monoisotopic (exact) mass is 220 g/mol. The molecule has 0 aliphatic heterocycles. The highest BCUT2D eigenvalue weighted by Gasteiger charge is 2.17. The maximum atomic E-state index is 11.6. The number of rotatable bonds is 4. The molecule has 16 heavy (non-hydrogen) atoms. The van der Waals surface area contributed by atoms with Crippen molar-refractivity contribution < 1.29 is 14.3 Å². The quantitative estimate of drug-likeness (QED) is 0.578. The van der Waals surface area contributed by atoms with Gasteiger partial charge in [-0.05, 0) is 23.6 Å². The van der Waals surface area contributed by atoms with Crippen molar-refractivity contribution in [3.8, 4) is 5.75 Å². The number of hydrogen-bond acceptors (Lipinski definition) is 3. The van der Waals surface area contributed by atoms with Gasteiger partial charge in [0.2, 0.25) is 5.78 Å². The summed E-state index contributed by atoms with van der Waals surface area (Å²) >= 11 is 0.